The molecule has 0 fully saturated rings. The van der Waals surface area contributed by atoms with Crippen LogP contribution in [0.5, 0.6) is 17.2 Å². The van der Waals surface area contributed by atoms with Gasteiger partial charge in [0, 0.05) is 17.2 Å². The van der Waals surface area contributed by atoms with Gasteiger partial charge in [-0.2, -0.15) is 0 Å². The van der Waals surface area contributed by atoms with Gasteiger partial charge in [-0.25, -0.2) is 4.79 Å². The van der Waals surface area contributed by atoms with Gasteiger partial charge in [-0.1, -0.05) is 12.2 Å². The number of carboxylic acids is 1. The summed E-state index contributed by atoms with van der Waals surface area (Å²) < 4.78 is 16.9. The molecule has 3 rings (SSSR count). The number of fused-ring (bicyclic) bond motifs is 1. The second-order valence-corrected chi connectivity index (χ2v) is 7.96. The van der Waals surface area contributed by atoms with Crippen LogP contribution in [0.1, 0.15) is 39.0 Å². The highest BCUT2D eigenvalue weighted by atomic mass is 16.5. The van der Waals surface area contributed by atoms with Crippen molar-refractivity contribution in [1.82, 2.24) is 0 Å². The molecular weight excluding hydrogens is 468 g/mol. The number of ether oxygens (including phenoxy) is 2. The van der Waals surface area contributed by atoms with E-state index in [1.165, 1.54) is 31.2 Å². The summed E-state index contributed by atoms with van der Waals surface area (Å²) in [6, 6.07) is 6.88. The number of phenols is 1. The summed E-state index contributed by atoms with van der Waals surface area (Å²) in [5.74, 6) is -1.80. The number of aliphatic hydroxyl groups excluding tert-OH is 1. The van der Waals surface area contributed by atoms with E-state index in [1.54, 1.807) is 12.2 Å². The molecule has 188 valence electrons. The molecule has 0 aliphatic rings. The summed E-state index contributed by atoms with van der Waals surface area (Å²) in [6.07, 6.45) is 2.48. The van der Waals surface area contributed by atoms with Crippen molar-refractivity contribution in [1.29, 1.82) is 0 Å². The van der Waals surface area contributed by atoms with E-state index in [2.05, 4.69) is 13.2 Å². The van der Waals surface area contributed by atoms with E-state index in [0.29, 0.717) is 11.1 Å². The van der Waals surface area contributed by atoms with Crippen LogP contribution < -0.4 is 14.9 Å². The van der Waals surface area contributed by atoms with Crippen molar-refractivity contribution in [3.05, 3.63) is 88.3 Å². The number of hydrogen-bond donors (Lipinski definition) is 3. The Hall–Kier alpha value is -4.37. The molecule has 0 aliphatic heterocycles. The number of Topliss-reactive ketones (excluding diaryl/α,β-unsaturated/α-hetero) is 1. The maximum Gasteiger partial charge on any atom is 0.371 e. The van der Waals surface area contributed by atoms with E-state index in [9.17, 15) is 29.7 Å². The number of aromatic hydroxyl groups is 1. The van der Waals surface area contributed by atoms with Gasteiger partial charge in [0.1, 0.15) is 42.1 Å². The first-order valence-electron chi connectivity index (χ1n) is 11.0. The Kier molecular flexibility index (Phi) is 8.29. The fourth-order valence-corrected chi connectivity index (χ4v) is 3.63. The monoisotopic (exact) mass is 494 g/mol. The zero-order chi connectivity index (χ0) is 26.4. The lowest BCUT2D eigenvalue weighted by atomic mass is 10.0. The minimum Gasteiger partial charge on any atom is -0.507 e. The average molecular weight is 494 g/mol. The maximum absolute atomic E-state index is 12.3. The van der Waals surface area contributed by atoms with Crippen LogP contribution in [0.25, 0.3) is 11.0 Å². The second kappa shape index (κ2) is 11.4. The molecule has 0 saturated carbocycles. The quantitative estimate of drug-likeness (QED) is 0.254. The van der Waals surface area contributed by atoms with Gasteiger partial charge in [0.2, 0.25) is 5.76 Å². The van der Waals surface area contributed by atoms with Crippen LogP contribution in [0.2, 0.25) is 0 Å². The average Bonchev–Trinajstić information content (AvgIpc) is 2.83. The number of carboxylic acid groups (broad SMARTS) is 1. The Morgan fingerprint density at radius 3 is 2.19 bits per heavy atom. The number of hydrogen-bond acceptors (Lipinski definition) is 8. The molecule has 1 unspecified atom stereocenters. The predicted molar refractivity (Wildman–Crippen MR) is 132 cm³/mol. The molecule has 0 saturated heterocycles. The molecule has 0 radical (unpaired) electrons. The topological polar surface area (TPSA) is 144 Å². The Labute approximate surface area is 206 Å². The summed E-state index contributed by atoms with van der Waals surface area (Å²) in [5.41, 5.74) is 0.505. The zero-order valence-electron chi connectivity index (χ0n) is 19.7. The van der Waals surface area contributed by atoms with Gasteiger partial charge in [-0.3, -0.25) is 9.59 Å². The van der Waals surface area contributed by atoms with Gasteiger partial charge in [-0.15, -0.1) is 13.2 Å². The molecule has 0 bridgehead atoms. The molecule has 9 nitrogen and oxygen atoms in total. The number of rotatable bonds is 12. The molecule has 0 amide bonds. The van der Waals surface area contributed by atoms with E-state index < -0.39 is 23.3 Å². The van der Waals surface area contributed by atoms with Crippen LogP contribution in [-0.4, -0.2) is 46.4 Å². The van der Waals surface area contributed by atoms with E-state index in [0.717, 1.165) is 6.07 Å². The third-order valence-electron chi connectivity index (χ3n) is 5.35. The van der Waals surface area contributed by atoms with Crippen molar-refractivity contribution < 1.29 is 38.8 Å². The lowest BCUT2D eigenvalue weighted by molar-refractivity contribution is 0.0619. The van der Waals surface area contributed by atoms with E-state index in [-0.39, 0.29) is 65.6 Å². The number of carbonyl (C=O) groups is 2. The summed E-state index contributed by atoms with van der Waals surface area (Å²) in [6.45, 7) is 8.28. The predicted octanol–water partition coefficient (Wildman–Crippen LogP) is 3.68. The molecule has 1 atom stereocenters. The van der Waals surface area contributed by atoms with E-state index >= 15 is 0 Å². The van der Waals surface area contributed by atoms with Crippen molar-refractivity contribution >= 4 is 22.7 Å². The number of ketones is 1. The summed E-state index contributed by atoms with van der Waals surface area (Å²) in [7, 11) is 0. The van der Waals surface area contributed by atoms with Gasteiger partial charge in [0.25, 0.3) is 0 Å². The number of aliphatic hydroxyl groups is 1. The van der Waals surface area contributed by atoms with Gasteiger partial charge >= 0.3 is 5.97 Å². The summed E-state index contributed by atoms with van der Waals surface area (Å²) in [4.78, 5) is 35.4. The largest absolute Gasteiger partial charge is 0.507 e. The zero-order valence-corrected chi connectivity index (χ0v) is 19.7. The molecule has 3 N–H and O–H groups in total. The molecule has 36 heavy (non-hydrogen) atoms. The number of aromatic carboxylic acids is 1. The van der Waals surface area contributed by atoms with Crippen LogP contribution in [-0.2, 0) is 12.8 Å². The van der Waals surface area contributed by atoms with Gasteiger partial charge in [-0.05, 0) is 44.0 Å². The molecule has 3 aromatic rings. The standard InChI is InChI=1S/C27H26O9/c1-4-6-19-22(10-8-17(15(3)28)25(19)31)34-13-16(29)14-35-23-11-9-18-21(30)12-24(27(32)33)36-26(18)20(23)7-5-2/h4-5,8-12,16,29,31H,1-2,6-7,13-14H2,3H3,(H,32,33). The number of phenolic OH excluding ortho intramolecular Hbond substituents is 1. The Bertz CT molecular complexity index is 1380. The Morgan fingerprint density at radius 2 is 1.61 bits per heavy atom. The molecule has 0 aliphatic carbocycles. The van der Waals surface area contributed by atoms with Gasteiger partial charge < -0.3 is 29.2 Å². The van der Waals surface area contributed by atoms with Crippen LogP contribution in [0.4, 0.5) is 0 Å². The number of carbonyl (C=O) groups excluding carboxylic acids is 1. The molecule has 1 aromatic heterocycles. The first-order valence-corrected chi connectivity index (χ1v) is 11.0. The lowest BCUT2D eigenvalue weighted by Gasteiger charge is -2.18. The van der Waals surface area contributed by atoms with Crippen molar-refractivity contribution in [3.8, 4) is 17.2 Å². The lowest BCUT2D eigenvalue weighted by Crippen LogP contribution is -2.25. The third kappa shape index (κ3) is 5.64. The fourth-order valence-electron chi connectivity index (χ4n) is 3.63. The summed E-state index contributed by atoms with van der Waals surface area (Å²) in [5, 5.41) is 30.3. The normalized spacial score (nSPS) is 11.6. The third-order valence-corrected chi connectivity index (χ3v) is 5.35. The summed E-state index contributed by atoms with van der Waals surface area (Å²) >= 11 is 0. The highest BCUT2D eigenvalue weighted by Crippen LogP contribution is 2.33. The highest BCUT2D eigenvalue weighted by Gasteiger charge is 2.19. The van der Waals surface area contributed by atoms with Crippen molar-refractivity contribution in [2.45, 2.75) is 25.9 Å². The number of allylic oxidation sites excluding steroid dienone is 2. The molecular formula is C27H26O9. The Balaban J connectivity index is 1.79. The number of benzene rings is 2. The molecule has 0 spiro atoms. The van der Waals surface area contributed by atoms with Crippen molar-refractivity contribution in [3.63, 3.8) is 0 Å². The van der Waals surface area contributed by atoms with Crippen LogP contribution in [0.3, 0.4) is 0 Å². The smallest absolute Gasteiger partial charge is 0.371 e. The Morgan fingerprint density at radius 1 is 1.03 bits per heavy atom. The minimum atomic E-state index is -1.38. The molecule has 2 aromatic carbocycles. The highest BCUT2D eigenvalue weighted by molar-refractivity contribution is 5.97. The van der Waals surface area contributed by atoms with Gasteiger partial charge in [0.15, 0.2) is 11.2 Å². The van der Waals surface area contributed by atoms with Crippen LogP contribution in [0.15, 0.2) is 64.9 Å². The van der Waals surface area contributed by atoms with Crippen LogP contribution >= 0.6 is 0 Å². The SMILES string of the molecule is C=CCc1c(OCC(O)COc2ccc3c(=O)cc(C(=O)O)oc3c2CC=C)ccc(C(C)=O)c1O. The van der Waals surface area contributed by atoms with E-state index in [1.807, 2.05) is 0 Å². The van der Waals surface area contributed by atoms with Gasteiger partial charge in [0.05, 0.1) is 10.9 Å². The fraction of sp³-hybridized carbons (Fsp3) is 0.222. The van der Waals surface area contributed by atoms with Crippen LogP contribution in [0, 0.1) is 0 Å². The van der Waals surface area contributed by atoms with E-state index in [4.69, 9.17) is 13.9 Å². The first-order chi connectivity index (χ1) is 17.2. The van der Waals surface area contributed by atoms with Crippen molar-refractivity contribution in [2.75, 3.05) is 13.2 Å². The maximum atomic E-state index is 12.3. The molecule has 9 heteroatoms. The second-order valence-electron chi connectivity index (χ2n) is 7.96. The molecule has 1 heterocycles. The minimum absolute atomic E-state index is 0.0677. The van der Waals surface area contributed by atoms with Crippen molar-refractivity contribution in [2.24, 2.45) is 0 Å². The first kappa shape index (κ1) is 26.2.